The number of rotatable bonds is 5. The summed E-state index contributed by atoms with van der Waals surface area (Å²) in [4.78, 5) is 30.5. The number of amides is 3. The van der Waals surface area contributed by atoms with Crippen LogP contribution in [0.1, 0.15) is 37.5 Å². The molecule has 1 aromatic carbocycles. The predicted octanol–water partition coefficient (Wildman–Crippen LogP) is 2.75. The van der Waals surface area contributed by atoms with Crippen LogP contribution >= 0.6 is 15.9 Å². The second kappa shape index (κ2) is 6.35. The second-order valence-corrected chi connectivity index (χ2v) is 6.63. The lowest BCUT2D eigenvalue weighted by Gasteiger charge is -2.23. The highest BCUT2D eigenvalue weighted by molar-refractivity contribution is 9.10. The van der Waals surface area contributed by atoms with Crippen molar-refractivity contribution in [2.45, 2.75) is 38.8 Å². The zero-order valence-electron chi connectivity index (χ0n) is 13.4. The number of aryl methyl sites for hydroxylation is 1. The number of urea groups is 1. The molecule has 8 heteroatoms. The van der Waals surface area contributed by atoms with Gasteiger partial charge in [-0.1, -0.05) is 46.2 Å². The highest BCUT2D eigenvalue weighted by atomic mass is 79.9. The van der Waals surface area contributed by atoms with Gasteiger partial charge >= 0.3 is 6.03 Å². The molecule has 1 aliphatic rings. The standard InChI is InChI=1S/C16H17BrN4O3/c1-3-6-12-18-13(24-20-12)9-21-14(22)16(2,19-15(21)23)10-7-4-5-8-11(10)17/h4-5,7-8H,3,6,9H2,1-2H3,(H,19,23). The van der Waals surface area contributed by atoms with E-state index >= 15 is 0 Å². The smallest absolute Gasteiger partial charge is 0.325 e. The Kier molecular flexibility index (Phi) is 4.40. The Bertz CT molecular complexity index is 791. The average molecular weight is 393 g/mol. The van der Waals surface area contributed by atoms with Crippen LogP contribution < -0.4 is 5.32 Å². The average Bonchev–Trinajstić information content (AvgIpc) is 3.07. The molecule has 1 aromatic heterocycles. The van der Waals surface area contributed by atoms with Crippen LogP contribution in [0.2, 0.25) is 0 Å². The van der Waals surface area contributed by atoms with E-state index in [4.69, 9.17) is 4.52 Å². The first-order valence-corrected chi connectivity index (χ1v) is 8.45. The minimum atomic E-state index is -1.14. The van der Waals surface area contributed by atoms with Crippen molar-refractivity contribution in [3.8, 4) is 0 Å². The third kappa shape index (κ3) is 2.82. The van der Waals surface area contributed by atoms with Gasteiger partial charge < -0.3 is 9.84 Å². The minimum Gasteiger partial charge on any atom is -0.337 e. The third-order valence-corrected chi connectivity index (χ3v) is 4.66. The Hall–Kier alpha value is -2.22. The molecule has 1 N–H and O–H groups in total. The van der Waals surface area contributed by atoms with Gasteiger partial charge in [-0.05, 0) is 19.4 Å². The molecule has 1 aliphatic heterocycles. The summed E-state index contributed by atoms with van der Waals surface area (Å²) in [5, 5.41) is 6.60. The lowest BCUT2D eigenvalue weighted by molar-refractivity contribution is -0.131. The van der Waals surface area contributed by atoms with Crippen molar-refractivity contribution >= 4 is 27.9 Å². The molecule has 3 amide bonds. The van der Waals surface area contributed by atoms with Gasteiger partial charge in [0.25, 0.3) is 5.91 Å². The van der Waals surface area contributed by atoms with E-state index in [1.807, 2.05) is 25.1 Å². The van der Waals surface area contributed by atoms with Crippen molar-refractivity contribution in [3.63, 3.8) is 0 Å². The first-order chi connectivity index (χ1) is 11.5. The molecule has 24 heavy (non-hydrogen) atoms. The van der Waals surface area contributed by atoms with E-state index in [0.29, 0.717) is 17.8 Å². The molecule has 3 rings (SSSR count). The highest BCUT2D eigenvalue weighted by Gasteiger charge is 2.50. The Morgan fingerprint density at radius 2 is 2.08 bits per heavy atom. The van der Waals surface area contributed by atoms with Gasteiger partial charge in [0, 0.05) is 16.5 Å². The van der Waals surface area contributed by atoms with Gasteiger partial charge in [0.1, 0.15) is 12.1 Å². The third-order valence-electron chi connectivity index (χ3n) is 3.96. The number of nitrogens with zero attached hydrogens (tertiary/aromatic N) is 3. The Labute approximate surface area is 147 Å². The summed E-state index contributed by atoms with van der Waals surface area (Å²) in [7, 11) is 0. The molecule has 0 aliphatic carbocycles. The Morgan fingerprint density at radius 1 is 1.33 bits per heavy atom. The maximum absolute atomic E-state index is 12.9. The summed E-state index contributed by atoms with van der Waals surface area (Å²) in [5.74, 6) is 0.473. The molecule has 1 fully saturated rings. The van der Waals surface area contributed by atoms with Crippen LogP contribution in [0.4, 0.5) is 4.79 Å². The normalized spacial score (nSPS) is 20.5. The quantitative estimate of drug-likeness (QED) is 0.790. The van der Waals surface area contributed by atoms with Gasteiger partial charge in [-0.3, -0.25) is 9.69 Å². The van der Waals surface area contributed by atoms with Gasteiger partial charge in [-0.2, -0.15) is 4.98 Å². The molecule has 126 valence electrons. The maximum atomic E-state index is 12.9. The number of carbonyl (C=O) groups excluding carboxylic acids is 2. The minimum absolute atomic E-state index is 0.0403. The fourth-order valence-corrected chi connectivity index (χ4v) is 3.39. The van der Waals surface area contributed by atoms with Crippen molar-refractivity contribution in [3.05, 3.63) is 46.0 Å². The van der Waals surface area contributed by atoms with Crippen LogP contribution in [-0.4, -0.2) is 27.0 Å². The van der Waals surface area contributed by atoms with E-state index in [0.717, 1.165) is 15.8 Å². The van der Waals surface area contributed by atoms with Crippen LogP contribution in [0.5, 0.6) is 0 Å². The molecule has 1 saturated heterocycles. The molecule has 0 saturated carbocycles. The monoisotopic (exact) mass is 392 g/mol. The van der Waals surface area contributed by atoms with Gasteiger partial charge in [0.2, 0.25) is 5.89 Å². The number of hydrogen-bond acceptors (Lipinski definition) is 5. The number of hydrogen-bond donors (Lipinski definition) is 1. The Balaban J connectivity index is 1.85. The van der Waals surface area contributed by atoms with E-state index in [1.165, 1.54) is 0 Å². The van der Waals surface area contributed by atoms with Gasteiger partial charge in [0.05, 0.1) is 0 Å². The molecule has 1 atom stereocenters. The van der Waals surface area contributed by atoms with Gasteiger partial charge in [-0.25, -0.2) is 4.79 Å². The number of imide groups is 1. The lowest BCUT2D eigenvalue weighted by Crippen LogP contribution is -2.41. The van der Waals surface area contributed by atoms with E-state index in [2.05, 4.69) is 31.4 Å². The van der Waals surface area contributed by atoms with E-state index < -0.39 is 11.6 Å². The van der Waals surface area contributed by atoms with Crippen molar-refractivity contribution in [1.29, 1.82) is 0 Å². The maximum Gasteiger partial charge on any atom is 0.325 e. The zero-order chi connectivity index (χ0) is 17.3. The van der Waals surface area contributed by atoms with Crippen LogP contribution in [0.3, 0.4) is 0 Å². The molecule has 1 unspecified atom stereocenters. The van der Waals surface area contributed by atoms with Gasteiger partial charge in [0.15, 0.2) is 5.82 Å². The zero-order valence-corrected chi connectivity index (χ0v) is 15.0. The molecule has 0 bridgehead atoms. The number of carbonyl (C=O) groups is 2. The first kappa shape index (κ1) is 16.6. The summed E-state index contributed by atoms with van der Waals surface area (Å²) in [6.07, 6.45) is 1.58. The van der Waals surface area contributed by atoms with Crippen molar-refractivity contribution < 1.29 is 14.1 Å². The number of aromatic nitrogens is 2. The fraction of sp³-hybridized carbons (Fsp3) is 0.375. The van der Waals surface area contributed by atoms with Gasteiger partial charge in [-0.15, -0.1) is 0 Å². The number of halogens is 1. The molecule has 2 heterocycles. The SMILES string of the molecule is CCCc1noc(CN2C(=O)NC(C)(c3ccccc3Br)C2=O)n1. The number of nitrogens with one attached hydrogen (secondary N) is 1. The van der Waals surface area contributed by atoms with E-state index in [1.54, 1.807) is 13.0 Å². The fourth-order valence-electron chi connectivity index (χ4n) is 2.70. The molecular weight excluding hydrogens is 376 g/mol. The molecule has 0 spiro atoms. The molecule has 0 radical (unpaired) electrons. The van der Waals surface area contributed by atoms with E-state index in [9.17, 15) is 9.59 Å². The second-order valence-electron chi connectivity index (χ2n) is 5.78. The lowest BCUT2D eigenvalue weighted by atomic mass is 9.92. The Morgan fingerprint density at radius 3 is 2.79 bits per heavy atom. The van der Waals surface area contributed by atoms with E-state index in [-0.39, 0.29) is 18.3 Å². The van der Waals surface area contributed by atoms with Crippen LogP contribution in [0, 0.1) is 0 Å². The van der Waals surface area contributed by atoms with Crippen LogP contribution in [-0.2, 0) is 23.3 Å². The molecular formula is C16H17BrN4O3. The first-order valence-electron chi connectivity index (χ1n) is 7.66. The van der Waals surface area contributed by atoms with Crippen LogP contribution in [0.25, 0.3) is 0 Å². The van der Waals surface area contributed by atoms with Crippen LogP contribution in [0.15, 0.2) is 33.3 Å². The topological polar surface area (TPSA) is 88.3 Å². The number of benzene rings is 1. The molecule has 7 nitrogen and oxygen atoms in total. The summed E-state index contributed by atoms with van der Waals surface area (Å²) in [5.41, 5.74) is -0.438. The molecule has 2 aromatic rings. The van der Waals surface area contributed by atoms with Crippen molar-refractivity contribution in [1.82, 2.24) is 20.4 Å². The summed E-state index contributed by atoms with van der Waals surface area (Å²) >= 11 is 3.43. The van der Waals surface area contributed by atoms with Crippen molar-refractivity contribution in [2.24, 2.45) is 0 Å². The summed E-state index contributed by atoms with van der Waals surface area (Å²) in [6.45, 7) is 3.65. The largest absolute Gasteiger partial charge is 0.337 e. The highest BCUT2D eigenvalue weighted by Crippen LogP contribution is 2.34. The van der Waals surface area contributed by atoms with Crippen molar-refractivity contribution in [2.75, 3.05) is 0 Å². The summed E-state index contributed by atoms with van der Waals surface area (Å²) in [6, 6.07) is 6.83. The predicted molar refractivity (Wildman–Crippen MR) is 88.9 cm³/mol. The summed E-state index contributed by atoms with van der Waals surface area (Å²) < 4.78 is 5.88.